The summed E-state index contributed by atoms with van der Waals surface area (Å²) in [7, 11) is 0. The summed E-state index contributed by atoms with van der Waals surface area (Å²) in [5.41, 5.74) is 1.01. The Bertz CT molecular complexity index is 713. The van der Waals surface area contributed by atoms with Gasteiger partial charge < -0.3 is 15.0 Å². The number of aromatic nitrogens is 1. The van der Waals surface area contributed by atoms with Crippen molar-refractivity contribution in [2.75, 3.05) is 29.9 Å². The number of esters is 1. The van der Waals surface area contributed by atoms with Crippen molar-refractivity contribution in [1.29, 1.82) is 0 Å². The van der Waals surface area contributed by atoms with Gasteiger partial charge in [0, 0.05) is 25.3 Å². The van der Waals surface area contributed by atoms with Crippen LogP contribution in [0.25, 0.3) is 0 Å². The van der Waals surface area contributed by atoms with E-state index in [2.05, 4.69) is 15.2 Å². The van der Waals surface area contributed by atoms with Crippen LogP contribution in [-0.4, -0.2) is 36.7 Å². The van der Waals surface area contributed by atoms with E-state index in [9.17, 15) is 9.18 Å². The molecule has 3 rings (SSSR count). The summed E-state index contributed by atoms with van der Waals surface area (Å²) in [6, 6.07) is 10.6. The summed E-state index contributed by atoms with van der Waals surface area (Å²) in [6.45, 7) is 3.79. The first-order chi connectivity index (χ1) is 12.2. The van der Waals surface area contributed by atoms with Gasteiger partial charge in [-0.3, -0.25) is 0 Å². The third-order valence-corrected chi connectivity index (χ3v) is 4.31. The summed E-state index contributed by atoms with van der Waals surface area (Å²) in [4.78, 5) is 18.2. The molecule has 0 atom stereocenters. The molecular weight excluding hydrogens is 321 g/mol. The first-order valence-electron chi connectivity index (χ1n) is 8.56. The lowest BCUT2D eigenvalue weighted by molar-refractivity contribution is 0.0526. The highest BCUT2D eigenvalue weighted by Gasteiger charge is 2.21. The van der Waals surface area contributed by atoms with Crippen LogP contribution in [0.4, 0.5) is 15.9 Å². The number of halogens is 1. The van der Waals surface area contributed by atoms with Gasteiger partial charge in [-0.2, -0.15) is 0 Å². The standard InChI is InChI=1S/C19H22FN3O2/c1-2-25-19(24)14-7-8-18(21-13-14)23-11-9-15(10-12-23)22-17-6-4-3-5-16(17)20/h3-8,13,15,22H,2,9-12H2,1H3. The molecule has 0 aliphatic carbocycles. The second-order valence-electron chi connectivity index (χ2n) is 6.01. The number of rotatable bonds is 5. The second kappa shape index (κ2) is 7.96. The van der Waals surface area contributed by atoms with Crippen molar-refractivity contribution in [3.63, 3.8) is 0 Å². The van der Waals surface area contributed by atoms with E-state index < -0.39 is 0 Å². The molecular formula is C19H22FN3O2. The van der Waals surface area contributed by atoms with Crippen molar-refractivity contribution < 1.29 is 13.9 Å². The number of pyridine rings is 1. The van der Waals surface area contributed by atoms with Gasteiger partial charge in [0.25, 0.3) is 0 Å². The van der Waals surface area contributed by atoms with E-state index in [0.29, 0.717) is 17.9 Å². The number of carbonyl (C=O) groups excluding carboxylic acids is 1. The van der Waals surface area contributed by atoms with Gasteiger partial charge >= 0.3 is 5.97 Å². The largest absolute Gasteiger partial charge is 0.462 e. The Morgan fingerprint density at radius 1 is 1.28 bits per heavy atom. The average Bonchev–Trinajstić information content (AvgIpc) is 2.65. The number of nitrogens with one attached hydrogen (secondary N) is 1. The van der Waals surface area contributed by atoms with Crippen molar-refractivity contribution in [2.24, 2.45) is 0 Å². The lowest BCUT2D eigenvalue weighted by Crippen LogP contribution is -2.39. The number of nitrogens with zero attached hydrogens (tertiary/aromatic N) is 2. The predicted octanol–water partition coefficient (Wildman–Crippen LogP) is 3.48. The average molecular weight is 343 g/mol. The van der Waals surface area contributed by atoms with Gasteiger partial charge in [-0.05, 0) is 44.0 Å². The highest BCUT2D eigenvalue weighted by atomic mass is 19.1. The van der Waals surface area contributed by atoms with E-state index in [4.69, 9.17) is 4.74 Å². The number of hydrogen-bond acceptors (Lipinski definition) is 5. The van der Waals surface area contributed by atoms with E-state index >= 15 is 0 Å². The zero-order valence-corrected chi connectivity index (χ0v) is 14.2. The number of carbonyl (C=O) groups is 1. The van der Waals surface area contributed by atoms with Gasteiger partial charge in [-0.1, -0.05) is 12.1 Å². The lowest BCUT2D eigenvalue weighted by Gasteiger charge is -2.33. The van der Waals surface area contributed by atoms with Crippen LogP contribution >= 0.6 is 0 Å². The van der Waals surface area contributed by atoms with E-state index in [-0.39, 0.29) is 17.8 Å². The molecule has 0 radical (unpaired) electrons. The number of para-hydroxylation sites is 1. The molecule has 0 spiro atoms. The molecule has 1 aromatic carbocycles. The number of benzene rings is 1. The van der Waals surface area contributed by atoms with Crippen molar-refractivity contribution >= 4 is 17.5 Å². The van der Waals surface area contributed by atoms with E-state index in [1.165, 1.54) is 6.07 Å². The van der Waals surface area contributed by atoms with Gasteiger partial charge in [0.15, 0.2) is 0 Å². The quantitative estimate of drug-likeness (QED) is 0.843. The number of hydrogen-bond donors (Lipinski definition) is 1. The third-order valence-electron chi connectivity index (χ3n) is 4.31. The molecule has 1 aliphatic heterocycles. The van der Waals surface area contributed by atoms with E-state index in [1.807, 2.05) is 12.1 Å². The minimum absolute atomic E-state index is 0.221. The topological polar surface area (TPSA) is 54.5 Å². The van der Waals surface area contributed by atoms with Crippen LogP contribution in [0.2, 0.25) is 0 Å². The molecule has 1 aromatic heterocycles. The summed E-state index contributed by atoms with van der Waals surface area (Å²) in [5.74, 6) is 0.271. The number of piperidine rings is 1. The molecule has 2 heterocycles. The van der Waals surface area contributed by atoms with E-state index in [1.54, 1.807) is 31.3 Å². The maximum Gasteiger partial charge on any atom is 0.339 e. The zero-order chi connectivity index (χ0) is 17.6. The fourth-order valence-corrected chi connectivity index (χ4v) is 2.96. The normalized spacial score (nSPS) is 15.0. The molecule has 1 saturated heterocycles. The molecule has 5 nitrogen and oxygen atoms in total. The highest BCUT2D eigenvalue weighted by Crippen LogP contribution is 2.22. The smallest absolute Gasteiger partial charge is 0.339 e. The Morgan fingerprint density at radius 2 is 2.04 bits per heavy atom. The zero-order valence-electron chi connectivity index (χ0n) is 14.2. The molecule has 1 N–H and O–H groups in total. The van der Waals surface area contributed by atoms with Crippen LogP contribution in [0.15, 0.2) is 42.6 Å². The van der Waals surface area contributed by atoms with Crippen LogP contribution in [0.3, 0.4) is 0 Å². The van der Waals surface area contributed by atoms with Crippen molar-refractivity contribution in [2.45, 2.75) is 25.8 Å². The molecule has 132 valence electrons. The molecule has 0 unspecified atom stereocenters. The first-order valence-corrected chi connectivity index (χ1v) is 8.56. The van der Waals surface area contributed by atoms with Crippen molar-refractivity contribution in [3.8, 4) is 0 Å². The van der Waals surface area contributed by atoms with Gasteiger partial charge in [0.1, 0.15) is 11.6 Å². The predicted molar refractivity (Wildman–Crippen MR) is 95.5 cm³/mol. The fraction of sp³-hybridized carbons (Fsp3) is 0.368. The molecule has 1 fully saturated rings. The maximum atomic E-state index is 13.7. The maximum absolute atomic E-state index is 13.7. The number of ether oxygens (including phenoxy) is 1. The minimum atomic E-state index is -0.352. The summed E-state index contributed by atoms with van der Waals surface area (Å²) in [6.07, 6.45) is 3.35. The van der Waals surface area contributed by atoms with Crippen LogP contribution in [0.1, 0.15) is 30.1 Å². The van der Waals surface area contributed by atoms with Gasteiger partial charge in [0.2, 0.25) is 0 Å². The van der Waals surface area contributed by atoms with Gasteiger partial charge in [0.05, 0.1) is 17.9 Å². The monoisotopic (exact) mass is 343 g/mol. The molecule has 0 saturated carbocycles. The first kappa shape index (κ1) is 17.2. The molecule has 2 aromatic rings. The minimum Gasteiger partial charge on any atom is -0.462 e. The van der Waals surface area contributed by atoms with Crippen LogP contribution in [-0.2, 0) is 4.74 Å². The van der Waals surface area contributed by atoms with Crippen molar-refractivity contribution in [1.82, 2.24) is 4.98 Å². The van der Waals surface area contributed by atoms with E-state index in [0.717, 1.165) is 31.7 Å². The lowest BCUT2D eigenvalue weighted by atomic mass is 10.0. The number of anilines is 2. The molecule has 25 heavy (non-hydrogen) atoms. The Morgan fingerprint density at radius 3 is 2.68 bits per heavy atom. The SMILES string of the molecule is CCOC(=O)c1ccc(N2CCC(Nc3ccccc3F)CC2)nc1. The Balaban J connectivity index is 1.55. The third kappa shape index (κ3) is 4.26. The summed E-state index contributed by atoms with van der Waals surface area (Å²) in [5, 5.41) is 3.28. The van der Waals surface area contributed by atoms with Crippen LogP contribution in [0, 0.1) is 5.82 Å². The van der Waals surface area contributed by atoms with Gasteiger partial charge in [-0.15, -0.1) is 0 Å². The Labute approximate surface area is 146 Å². The molecule has 0 bridgehead atoms. The van der Waals surface area contributed by atoms with Crippen molar-refractivity contribution in [3.05, 3.63) is 54.0 Å². The fourth-order valence-electron chi connectivity index (χ4n) is 2.96. The van der Waals surface area contributed by atoms with Crippen LogP contribution in [0.5, 0.6) is 0 Å². The highest BCUT2D eigenvalue weighted by molar-refractivity contribution is 5.89. The van der Waals surface area contributed by atoms with Crippen LogP contribution < -0.4 is 10.2 Å². The second-order valence-corrected chi connectivity index (χ2v) is 6.01. The molecule has 0 amide bonds. The summed E-state index contributed by atoms with van der Waals surface area (Å²) < 4.78 is 18.7. The molecule has 6 heteroatoms. The Hall–Kier alpha value is -2.63. The Kier molecular flexibility index (Phi) is 5.48. The summed E-state index contributed by atoms with van der Waals surface area (Å²) >= 11 is 0. The van der Waals surface area contributed by atoms with Gasteiger partial charge in [-0.25, -0.2) is 14.2 Å². The molecule has 1 aliphatic rings.